The fraction of sp³-hybridized carbons (Fsp3) is 0.571. The molecule has 2 N–H and O–H groups in total. The van der Waals surface area contributed by atoms with Crippen molar-refractivity contribution < 1.29 is 0 Å². The third-order valence-corrected chi connectivity index (χ3v) is 2.02. The highest BCUT2D eigenvalue weighted by molar-refractivity contribution is 5.06. The molecule has 1 fully saturated rings. The summed E-state index contributed by atoms with van der Waals surface area (Å²) in [4.78, 5) is 7.11. The van der Waals surface area contributed by atoms with Crippen molar-refractivity contribution in [1.29, 1.82) is 0 Å². The molecular weight excluding hydrogens is 126 g/mol. The van der Waals surface area contributed by atoms with E-state index in [1.807, 2.05) is 6.20 Å². The van der Waals surface area contributed by atoms with Crippen LogP contribution in [0.2, 0.25) is 0 Å². The minimum absolute atomic E-state index is 0.669. The van der Waals surface area contributed by atoms with Gasteiger partial charge in [-0.2, -0.15) is 0 Å². The Hall–Kier alpha value is -0.830. The molecule has 0 aromatic carbocycles. The summed E-state index contributed by atoms with van der Waals surface area (Å²) in [6.07, 6.45) is 4.90. The van der Waals surface area contributed by atoms with E-state index in [9.17, 15) is 0 Å². The molecule has 0 aliphatic carbocycles. The molecule has 2 heterocycles. The molecule has 1 aromatic heterocycles. The van der Waals surface area contributed by atoms with Crippen molar-refractivity contribution in [2.24, 2.45) is 0 Å². The number of hydrogen-bond donors (Lipinski definition) is 2. The highest BCUT2D eigenvalue weighted by Crippen LogP contribution is 2.18. The van der Waals surface area contributed by atoms with Crippen LogP contribution in [0.5, 0.6) is 0 Å². The highest BCUT2D eigenvalue weighted by atomic mass is 14.9. The van der Waals surface area contributed by atoms with Crippen LogP contribution in [-0.4, -0.2) is 23.1 Å². The predicted octanol–water partition coefficient (Wildman–Crippen LogP) is 0.487. The van der Waals surface area contributed by atoms with Crippen molar-refractivity contribution in [3.8, 4) is 0 Å². The maximum absolute atomic E-state index is 3.98. The molecule has 1 saturated heterocycles. The first-order chi connectivity index (χ1) is 4.97. The van der Waals surface area contributed by atoms with E-state index in [0.717, 1.165) is 13.1 Å². The number of aromatic amines is 1. The van der Waals surface area contributed by atoms with Gasteiger partial charge in [-0.1, -0.05) is 0 Å². The van der Waals surface area contributed by atoms with Gasteiger partial charge in [0.05, 0.1) is 6.33 Å². The lowest BCUT2D eigenvalue weighted by Crippen LogP contribution is -2.07. The van der Waals surface area contributed by atoms with E-state index in [1.54, 1.807) is 6.33 Å². The third kappa shape index (κ3) is 0.926. The maximum atomic E-state index is 3.98. The van der Waals surface area contributed by atoms with Crippen LogP contribution in [-0.2, 0) is 0 Å². The Labute approximate surface area is 59.9 Å². The molecule has 1 aliphatic rings. The molecular formula is C7H11N3. The topological polar surface area (TPSA) is 40.7 Å². The molecule has 1 aliphatic heterocycles. The smallest absolute Gasteiger partial charge is 0.0921 e. The fourth-order valence-electron chi connectivity index (χ4n) is 1.41. The van der Waals surface area contributed by atoms with Crippen molar-refractivity contribution in [2.45, 2.75) is 12.3 Å². The standard InChI is InChI=1S/C7H11N3/c1-2-8-3-6(1)7-4-9-5-10-7/h4-6,8H,1-3H2,(H,9,10). The third-order valence-electron chi connectivity index (χ3n) is 2.02. The second kappa shape index (κ2) is 2.42. The van der Waals surface area contributed by atoms with Gasteiger partial charge < -0.3 is 10.3 Å². The van der Waals surface area contributed by atoms with E-state index in [2.05, 4.69) is 15.3 Å². The predicted molar refractivity (Wildman–Crippen MR) is 38.8 cm³/mol. The van der Waals surface area contributed by atoms with Gasteiger partial charge in [-0.15, -0.1) is 0 Å². The van der Waals surface area contributed by atoms with Gasteiger partial charge in [-0.05, 0) is 13.0 Å². The van der Waals surface area contributed by atoms with E-state index >= 15 is 0 Å². The van der Waals surface area contributed by atoms with E-state index in [4.69, 9.17) is 0 Å². The highest BCUT2D eigenvalue weighted by Gasteiger charge is 2.16. The van der Waals surface area contributed by atoms with Crippen molar-refractivity contribution in [1.82, 2.24) is 15.3 Å². The number of imidazole rings is 1. The van der Waals surface area contributed by atoms with Crippen LogP contribution < -0.4 is 5.32 Å². The molecule has 10 heavy (non-hydrogen) atoms. The first-order valence-corrected chi connectivity index (χ1v) is 3.66. The molecule has 1 aromatic rings. The summed E-state index contributed by atoms with van der Waals surface area (Å²) in [5.41, 5.74) is 1.27. The van der Waals surface area contributed by atoms with Gasteiger partial charge in [0, 0.05) is 24.4 Å². The quantitative estimate of drug-likeness (QED) is 0.591. The van der Waals surface area contributed by atoms with Crippen LogP contribution in [0.3, 0.4) is 0 Å². The first-order valence-electron chi connectivity index (χ1n) is 3.66. The summed E-state index contributed by atoms with van der Waals surface area (Å²) in [6, 6.07) is 0. The lowest BCUT2D eigenvalue weighted by molar-refractivity contribution is 0.741. The van der Waals surface area contributed by atoms with Crippen LogP contribution in [0.4, 0.5) is 0 Å². The summed E-state index contributed by atoms with van der Waals surface area (Å²) >= 11 is 0. The normalized spacial score (nSPS) is 25.4. The first kappa shape index (κ1) is 5.92. The molecule has 1 atom stereocenters. The largest absolute Gasteiger partial charge is 0.348 e. The molecule has 2 rings (SSSR count). The molecule has 1 unspecified atom stereocenters. The van der Waals surface area contributed by atoms with Crippen LogP contribution in [0, 0.1) is 0 Å². The molecule has 0 radical (unpaired) electrons. The van der Waals surface area contributed by atoms with Crippen LogP contribution >= 0.6 is 0 Å². The molecule has 0 saturated carbocycles. The Morgan fingerprint density at radius 3 is 3.20 bits per heavy atom. The van der Waals surface area contributed by atoms with Crippen molar-refractivity contribution in [3.05, 3.63) is 18.2 Å². The average Bonchev–Trinajstić information content (AvgIpc) is 2.59. The number of nitrogens with one attached hydrogen (secondary N) is 2. The van der Waals surface area contributed by atoms with Gasteiger partial charge in [0.25, 0.3) is 0 Å². The van der Waals surface area contributed by atoms with Crippen molar-refractivity contribution in [2.75, 3.05) is 13.1 Å². The number of H-pyrrole nitrogens is 1. The Kier molecular flexibility index (Phi) is 1.43. The Morgan fingerprint density at radius 1 is 1.60 bits per heavy atom. The molecule has 3 nitrogen and oxygen atoms in total. The van der Waals surface area contributed by atoms with Crippen LogP contribution in [0.15, 0.2) is 12.5 Å². The van der Waals surface area contributed by atoms with E-state index in [1.165, 1.54) is 12.1 Å². The minimum atomic E-state index is 0.669. The maximum Gasteiger partial charge on any atom is 0.0921 e. The molecule has 0 spiro atoms. The molecule has 3 heteroatoms. The lowest BCUT2D eigenvalue weighted by Gasteiger charge is -2.02. The van der Waals surface area contributed by atoms with Gasteiger partial charge in [-0.25, -0.2) is 4.98 Å². The fourth-order valence-corrected chi connectivity index (χ4v) is 1.41. The second-order valence-electron chi connectivity index (χ2n) is 2.70. The number of aromatic nitrogens is 2. The summed E-state index contributed by atoms with van der Waals surface area (Å²) < 4.78 is 0. The molecule has 0 amide bonds. The number of rotatable bonds is 1. The molecule has 54 valence electrons. The van der Waals surface area contributed by atoms with E-state index in [0.29, 0.717) is 5.92 Å². The van der Waals surface area contributed by atoms with Crippen molar-refractivity contribution in [3.63, 3.8) is 0 Å². The summed E-state index contributed by atoms with van der Waals surface area (Å²) in [6.45, 7) is 2.24. The SMILES string of the molecule is c1ncc(C2CCNC2)[nH]1. The Bertz CT molecular complexity index is 187. The number of hydrogen-bond acceptors (Lipinski definition) is 2. The minimum Gasteiger partial charge on any atom is -0.348 e. The van der Waals surface area contributed by atoms with E-state index < -0.39 is 0 Å². The zero-order valence-corrected chi connectivity index (χ0v) is 5.80. The lowest BCUT2D eigenvalue weighted by atomic mass is 10.1. The summed E-state index contributed by atoms with van der Waals surface area (Å²) in [5, 5.41) is 3.31. The monoisotopic (exact) mass is 137 g/mol. The van der Waals surface area contributed by atoms with Gasteiger partial charge in [-0.3, -0.25) is 0 Å². The van der Waals surface area contributed by atoms with Gasteiger partial charge >= 0.3 is 0 Å². The van der Waals surface area contributed by atoms with Gasteiger partial charge in [0.15, 0.2) is 0 Å². The zero-order valence-electron chi connectivity index (χ0n) is 5.80. The van der Waals surface area contributed by atoms with Crippen LogP contribution in [0.1, 0.15) is 18.0 Å². The number of nitrogens with zero attached hydrogens (tertiary/aromatic N) is 1. The van der Waals surface area contributed by atoms with Gasteiger partial charge in [0.1, 0.15) is 0 Å². The Morgan fingerprint density at radius 2 is 2.60 bits per heavy atom. The summed E-state index contributed by atoms with van der Waals surface area (Å²) in [5.74, 6) is 0.669. The summed E-state index contributed by atoms with van der Waals surface area (Å²) in [7, 11) is 0. The molecule has 0 bridgehead atoms. The zero-order chi connectivity index (χ0) is 6.81. The average molecular weight is 137 g/mol. The van der Waals surface area contributed by atoms with E-state index in [-0.39, 0.29) is 0 Å². The van der Waals surface area contributed by atoms with Crippen molar-refractivity contribution >= 4 is 0 Å². The Balaban J connectivity index is 2.12. The van der Waals surface area contributed by atoms with Crippen LogP contribution in [0.25, 0.3) is 0 Å². The van der Waals surface area contributed by atoms with Gasteiger partial charge in [0.2, 0.25) is 0 Å². The second-order valence-corrected chi connectivity index (χ2v) is 2.70.